The number of hydrogen-bond acceptors (Lipinski definition) is 3. The quantitative estimate of drug-likeness (QED) is 0.217. The number of carbonyl (C=O) groups excluding carboxylic acids is 2. The highest BCUT2D eigenvalue weighted by molar-refractivity contribution is 6.09. The normalized spacial score (nSPS) is 13.4. The van der Waals surface area contributed by atoms with E-state index in [4.69, 9.17) is 4.74 Å². The van der Waals surface area contributed by atoms with Crippen molar-refractivity contribution in [2.24, 2.45) is 11.3 Å². The van der Waals surface area contributed by atoms with Crippen LogP contribution in [0.5, 0.6) is 0 Å². The fourth-order valence-electron chi connectivity index (χ4n) is 3.97. The van der Waals surface area contributed by atoms with Crippen molar-refractivity contribution in [1.29, 1.82) is 0 Å². The molecule has 0 aliphatic carbocycles. The lowest BCUT2D eigenvalue weighted by atomic mass is 9.90. The first kappa shape index (κ1) is 24.6. The lowest BCUT2D eigenvalue weighted by Gasteiger charge is -2.23. The maximum atomic E-state index is 12.8. The molecular formula is C28H36O3. The van der Waals surface area contributed by atoms with Crippen molar-refractivity contribution in [3.63, 3.8) is 0 Å². The van der Waals surface area contributed by atoms with Gasteiger partial charge in [0.15, 0.2) is 6.29 Å². The monoisotopic (exact) mass is 420 g/mol. The number of aryl methyl sites for hydroxylation is 4. The molecule has 0 radical (unpaired) electrons. The van der Waals surface area contributed by atoms with Crippen molar-refractivity contribution < 1.29 is 14.3 Å². The highest BCUT2D eigenvalue weighted by atomic mass is 16.5. The number of hydrogen-bond donors (Lipinski definition) is 0. The second kappa shape index (κ2) is 10.1. The predicted molar refractivity (Wildman–Crippen MR) is 128 cm³/mol. The van der Waals surface area contributed by atoms with Crippen molar-refractivity contribution in [2.75, 3.05) is 0 Å². The molecule has 0 amide bonds. The molecule has 3 nitrogen and oxygen atoms in total. The first-order valence-electron chi connectivity index (χ1n) is 11.0. The van der Waals surface area contributed by atoms with Crippen LogP contribution in [0.1, 0.15) is 67.5 Å². The Bertz CT molecular complexity index is 967. The third kappa shape index (κ3) is 6.65. The van der Waals surface area contributed by atoms with Gasteiger partial charge in [0.05, 0.1) is 11.0 Å². The standard InChI is InChI=1S/C28H36O3/c1-18-10-9-11-23(14-18)15-20(3)16-25(31-27(30)28(6,7)8)24(17-29)26-21(4)12-19(2)13-22(26)5/h9-14,17,20H,15-16H2,1-8H3. The van der Waals surface area contributed by atoms with Crippen LogP contribution in [0.15, 0.2) is 42.2 Å². The minimum absolute atomic E-state index is 0.200. The van der Waals surface area contributed by atoms with Gasteiger partial charge in [0, 0.05) is 6.42 Å². The minimum atomic E-state index is -0.656. The van der Waals surface area contributed by atoms with E-state index in [0.717, 1.165) is 35.0 Å². The molecule has 0 aliphatic rings. The molecule has 2 aromatic carbocycles. The van der Waals surface area contributed by atoms with Crippen LogP contribution in [0.2, 0.25) is 0 Å². The van der Waals surface area contributed by atoms with Gasteiger partial charge in [-0.3, -0.25) is 9.59 Å². The molecule has 0 heterocycles. The summed E-state index contributed by atoms with van der Waals surface area (Å²) in [4.78, 5) is 25.1. The first-order chi connectivity index (χ1) is 14.4. The van der Waals surface area contributed by atoms with Crippen molar-refractivity contribution in [2.45, 2.75) is 68.2 Å². The molecule has 166 valence electrons. The average Bonchev–Trinajstić information content (AvgIpc) is 2.63. The van der Waals surface area contributed by atoms with Crippen LogP contribution in [-0.2, 0) is 20.7 Å². The second-order valence-electron chi connectivity index (χ2n) is 9.87. The van der Waals surface area contributed by atoms with E-state index >= 15 is 0 Å². The molecule has 0 fully saturated rings. The predicted octanol–water partition coefficient (Wildman–Crippen LogP) is 6.69. The van der Waals surface area contributed by atoms with Gasteiger partial charge in [-0.25, -0.2) is 0 Å². The van der Waals surface area contributed by atoms with E-state index in [1.165, 1.54) is 11.1 Å². The summed E-state index contributed by atoms with van der Waals surface area (Å²) < 4.78 is 5.90. The Morgan fingerprint density at radius 1 is 1.00 bits per heavy atom. The van der Waals surface area contributed by atoms with E-state index in [0.29, 0.717) is 17.8 Å². The Kier molecular flexibility index (Phi) is 8.00. The topological polar surface area (TPSA) is 43.4 Å². The SMILES string of the molecule is Cc1cccc(CC(C)CC(OC(=O)C(C)(C)C)=C(C=O)c2c(C)cc(C)cc2C)c1. The van der Waals surface area contributed by atoms with Crippen LogP contribution >= 0.6 is 0 Å². The van der Waals surface area contributed by atoms with Crippen LogP contribution in [0.25, 0.3) is 5.57 Å². The summed E-state index contributed by atoms with van der Waals surface area (Å²) in [6, 6.07) is 12.6. The molecule has 0 saturated carbocycles. The molecule has 2 rings (SSSR count). The van der Waals surface area contributed by atoms with E-state index in [1.807, 2.05) is 41.5 Å². The van der Waals surface area contributed by atoms with Crippen LogP contribution in [0.4, 0.5) is 0 Å². The third-order valence-electron chi connectivity index (χ3n) is 5.39. The summed E-state index contributed by atoms with van der Waals surface area (Å²) in [6.07, 6.45) is 2.20. The zero-order valence-electron chi connectivity index (χ0n) is 20.3. The fraction of sp³-hybridized carbons (Fsp3) is 0.429. The molecule has 2 aromatic rings. The van der Waals surface area contributed by atoms with Crippen LogP contribution < -0.4 is 0 Å². The Morgan fingerprint density at radius 2 is 1.61 bits per heavy atom. The zero-order chi connectivity index (χ0) is 23.3. The van der Waals surface area contributed by atoms with Crippen molar-refractivity contribution in [3.05, 3.63) is 75.5 Å². The number of benzene rings is 2. The molecule has 1 atom stereocenters. The maximum absolute atomic E-state index is 12.8. The average molecular weight is 421 g/mol. The molecule has 0 bridgehead atoms. The molecule has 0 N–H and O–H groups in total. The highest BCUT2D eigenvalue weighted by Crippen LogP contribution is 2.31. The number of allylic oxidation sites excluding steroid dienone is 2. The van der Waals surface area contributed by atoms with E-state index in [-0.39, 0.29) is 11.9 Å². The lowest BCUT2D eigenvalue weighted by Crippen LogP contribution is -2.24. The summed E-state index contributed by atoms with van der Waals surface area (Å²) in [5.41, 5.74) is 6.30. The van der Waals surface area contributed by atoms with Crippen molar-refractivity contribution >= 4 is 17.8 Å². The van der Waals surface area contributed by atoms with Crippen LogP contribution in [0, 0.1) is 39.0 Å². The Balaban J connectivity index is 2.50. The summed E-state index contributed by atoms with van der Waals surface area (Å²) in [7, 11) is 0. The highest BCUT2D eigenvalue weighted by Gasteiger charge is 2.27. The van der Waals surface area contributed by atoms with Crippen molar-refractivity contribution in [3.8, 4) is 0 Å². The molecule has 0 spiro atoms. The number of aldehydes is 1. The van der Waals surface area contributed by atoms with Gasteiger partial charge in [-0.2, -0.15) is 0 Å². The number of ether oxygens (including phenoxy) is 1. The fourth-order valence-corrected chi connectivity index (χ4v) is 3.97. The van der Waals surface area contributed by atoms with Gasteiger partial charge in [0.25, 0.3) is 0 Å². The Labute approximate surface area is 187 Å². The lowest BCUT2D eigenvalue weighted by molar-refractivity contribution is -0.148. The molecule has 0 saturated heterocycles. The molecular weight excluding hydrogens is 384 g/mol. The maximum Gasteiger partial charge on any atom is 0.316 e. The third-order valence-corrected chi connectivity index (χ3v) is 5.39. The number of esters is 1. The van der Waals surface area contributed by atoms with Crippen molar-refractivity contribution in [1.82, 2.24) is 0 Å². The van der Waals surface area contributed by atoms with E-state index in [1.54, 1.807) is 0 Å². The number of rotatable bonds is 7. The van der Waals surface area contributed by atoms with Gasteiger partial charge < -0.3 is 4.74 Å². The van der Waals surface area contributed by atoms with Gasteiger partial charge in [0.2, 0.25) is 0 Å². The summed E-state index contributed by atoms with van der Waals surface area (Å²) in [5, 5.41) is 0. The van der Waals surface area contributed by atoms with Gasteiger partial charge in [-0.1, -0.05) is 54.4 Å². The van der Waals surface area contributed by atoms with Crippen LogP contribution in [0.3, 0.4) is 0 Å². The van der Waals surface area contributed by atoms with E-state index in [9.17, 15) is 9.59 Å². The smallest absolute Gasteiger partial charge is 0.316 e. The van der Waals surface area contributed by atoms with E-state index in [2.05, 4.69) is 50.2 Å². The molecule has 31 heavy (non-hydrogen) atoms. The first-order valence-corrected chi connectivity index (χ1v) is 11.0. The van der Waals surface area contributed by atoms with Gasteiger partial charge in [-0.05, 0) is 83.1 Å². The van der Waals surface area contributed by atoms with Gasteiger partial charge >= 0.3 is 5.97 Å². The van der Waals surface area contributed by atoms with Gasteiger partial charge in [0.1, 0.15) is 5.76 Å². The molecule has 0 aliphatic heterocycles. The van der Waals surface area contributed by atoms with Crippen LogP contribution in [-0.4, -0.2) is 12.3 Å². The van der Waals surface area contributed by atoms with Gasteiger partial charge in [-0.15, -0.1) is 0 Å². The molecule has 3 heteroatoms. The van der Waals surface area contributed by atoms with E-state index < -0.39 is 5.41 Å². The largest absolute Gasteiger partial charge is 0.430 e. The molecule has 0 aromatic heterocycles. The summed E-state index contributed by atoms with van der Waals surface area (Å²) in [6.45, 7) is 15.7. The zero-order valence-corrected chi connectivity index (χ0v) is 20.3. The summed E-state index contributed by atoms with van der Waals surface area (Å²) in [5.74, 6) is 0.336. The molecule has 1 unspecified atom stereocenters. The number of carbonyl (C=O) groups is 2. The minimum Gasteiger partial charge on any atom is -0.430 e. The second-order valence-corrected chi connectivity index (χ2v) is 9.87. The summed E-state index contributed by atoms with van der Waals surface area (Å²) >= 11 is 0. The Hall–Kier alpha value is -2.68. The Morgan fingerprint density at radius 3 is 2.13 bits per heavy atom.